The Morgan fingerprint density at radius 1 is 1.25 bits per heavy atom. The summed E-state index contributed by atoms with van der Waals surface area (Å²) in [6.45, 7) is 15.0. The van der Waals surface area contributed by atoms with Gasteiger partial charge in [-0.15, -0.1) is 0 Å². The smallest absolute Gasteiger partial charge is 0.410 e. The van der Waals surface area contributed by atoms with Gasteiger partial charge in [-0.3, -0.25) is 0 Å². The molecule has 1 N–H and O–H groups in total. The first-order valence-electron chi connectivity index (χ1n) is 16.9. The molecule has 0 spiro atoms. The van der Waals surface area contributed by atoms with Crippen molar-refractivity contribution in [2.45, 2.75) is 111 Å². The summed E-state index contributed by atoms with van der Waals surface area (Å²) >= 11 is 13.0. The van der Waals surface area contributed by atoms with E-state index < -0.39 is 17.5 Å². The number of ether oxygens (including phenoxy) is 3. The molecule has 0 bridgehead atoms. The zero-order chi connectivity index (χ0) is 35.2. The van der Waals surface area contributed by atoms with Crippen LogP contribution in [0.2, 0.25) is 10.0 Å². The average Bonchev–Trinajstić information content (AvgIpc) is 3.53. The topological polar surface area (TPSA) is 96.7 Å². The molecule has 0 aliphatic carbocycles. The van der Waals surface area contributed by atoms with Crippen molar-refractivity contribution in [3.8, 4) is 17.2 Å². The zero-order valence-corrected chi connectivity index (χ0v) is 30.5. The molecule has 2 fully saturated rings. The number of aromatic nitrogens is 1. The van der Waals surface area contributed by atoms with Crippen LogP contribution in [0.15, 0.2) is 24.3 Å². The highest BCUT2D eigenvalue weighted by Gasteiger charge is 2.32. The van der Waals surface area contributed by atoms with Crippen molar-refractivity contribution in [1.29, 1.82) is 5.26 Å². The molecular formula is C37H47Cl2FN4O4. The van der Waals surface area contributed by atoms with E-state index in [1.807, 2.05) is 54.5 Å². The van der Waals surface area contributed by atoms with Crippen LogP contribution in [0.4, 0.5) is 14.9 Å². The molecule has 0 radical (unpaired) electrons. The summed E-state index contributed by atoms with van der Waals surface area (Å²) in [6.07, 6.45) is 2.72. The summed E-state index contributed by atoms with van der Waals surface area (Å²) in [5.41, 5.74) is 2.97. The first-order valence-corrected chi connectivity index (χ1v) is 17.6. The van der Waals surface area contributed by atoms with Crippen LogP contribution in [0.25, 0.3) is 22.0 Å². The third-order valence-corrected chi connectivity index (χ3v) is 9.20. The zero-order valence-electron chi connectivity index (χ0n) is 29.0. The summed E-state index contributed by atoms with van der Waals surface area (Å²) in [6, 6.07) is 9.05. The number of pyridine rings is 1. The third-order valence-electron chi connectivity index (χ3n) is 8.38. The van der Waals surface area contributed by atoms with E-state index in [4.69, 9.17) is 42.4 Å². The molecule has 5 rings (SSSR count). The number of hydrogen-bond acceptors (Lipinski definition) is 7. The Hall–Kier alpha value is -3.16. The number of anilines is 1. The fourth-order valence-electron chi connectivity index (χ4n) is 6.17. The minimum atomic E-state index is -0.603. The van der Waals surface area contributed by atoms with Crippen molar-refractivity contribution in [1.82, 2.24) is 9.88 Å². The summed E-state index contributed by atoms with van der Waals surface area (Å²) in [5.74, 6) is -0.554. The van der Waals surface area contributed by atoms with Gasteiger partial charge < -0.3 is 24.4 Å². The van der Waals surface area contributed by atoms with Crippen LogP contribution < -0.4 is 5.32 Å². The molecule has 2 aliphatic heterocycles. The largest absolute Gasteiger partial charge is 0.444 e. The standard InChI is InChI=1S/C35H41Cl2FN4O4.C2H6/c1-20-31(21(2)45-27-13-6-7-17-44-27)41-33-25(32(20)40-23-14-16-42(19-23)34(43)46-35(3,4)5)18-22(10-9-15-39)28(30(33)38)24-11-8-12-26(36)29(24)37;1-2/h8,11-12,18,21,23,27H,6-7,9-10,13-14,16-17,19H2,1-5H3,(H,40,41);1-2H3. The predicted octanol–water partition coefficient (Wildman–Crippen LogP) is 10.2. The molecule has 11 heteroatoms. The van der Waals surface area contributed by atoms with Gasteiger partial charge in [0.05, 0.1) is 21.8 Å². The highest BCUT2D eigenvalue weighted by atomic mass is 35.5. The van der Waals surface area contributed by atoms with Crippen molar-refractivity contribution >= 4 is 45.9 Å². The third kappa shape index (κ3) is 8.70. The number of carbonyl (C=O) groups excluding carboxylic acids is 1. The van der Waals surface area contributed by atoms with Gasteiger partial charge in [0.25, 0.3) is 0 Å². The van der Waals surface area contributed by atoms with E-state index in [9.17, 15) is 10.1 Å². The summed E-state index contributed by atoms with van der Waals surface area (Å²) in [5, 5.41) is 14.2. The second-order valence-corrected chi connectivity index (χ2v) is 13.8. The molecule has 3 aromatic rings. The fourth-order valence-corrected chi connectivity index (χ4v) is 6.56. The van der Waals surface area contributed by atoms with Gasteiger partial charge in [-0.05, 0) is 90.0 Å². The highest BCUT2D eigenvalue weighted by Crippen LogP contribution is 2.43. The first-order chi connectivity index (χ1) is 22.9. The predicted molar refractivity (Wildman–Crippen MR) is 190 cm³/mol. The second-order valence-electron chi connectivity index (χ2n) is 13.0. The maximum absolute atomic E-state index is 17.0. The van der Waals surface area contributed by atoms with E-state index >= 15 is 4.39 Å². The van der Waals surface area contributed by atoms with Crippen LogP contribution in [0, 0.1) is 24.1 Å². The van der Waals surface area contributed by atoms with Crippen molar-refractivity contribution in [3.63, 3.8) is 0 Å². The highest BCUT2D eigenvalue weighted by molar-refractivity contribution is 6.43. The van der Waals surface area contributed by atoms with Crippen molar-refractivity contribution < 1.29 is 23.4 Å². The number of hydrogen-bond donors (Lipinski definition) is 1. The van der Waals surface area contributed by atoms with Gasteiger partial charge in [0.15, 0.2) is 12.1 Å². The Labute approximate surface area is 293 Å². The number of aryl methyl sites for hydroxylation is 1. The average molecular weight is 702 g/mol. The van der Waals surface area contributed by atoms with Crippen molar-refractivity contribution in [3.05, 3.63) is 56.9 Å². The lowest BCUT2D eigenvalue weighted by molar-refractivity contribution is -0.186. The normalized spacial score (nSPS) is 18.6. The number of rotatable bonds is 8. The molecule has 0 saturated carbocycles. The number of nitriles is 1. The number of nitrogens with zero attached hydrogens (tertiary/aromatic N) is 3. The number of fused-ring (bicyclic) bond motifs is 1. The molecule has 2 aliphatic rings. The molecule has 3 heterocycles. The lowest BCUT2D eigenvalue weighted by atomic mass is 9.92. The van der Waals surface area contributed by atoms with Crippen LogP contribution >= 0.6 is 23.2 Å². The van der Waals surface area contributed by atoms with Crippen molar-refractivity contribution in [2.75, 3.05) is 25.0 Å². The number of benzene rings is 2. The van der Waals surface area contributed by atoms with Gasteiger partial charge in [-0.2, -0.15) is 5.26 Å². The molecule has 8 nitrogen and oxygen atoms in total. The Morgan fingerprint density at radius 2 is 2.00 bits per heavy atom. The Kier molecular flexibility index (Phi) is 12.9. The lowest BCUT2D eigenvalue weighted by Gasteiger charge is -2.28. The number of carbonyl (C=O) groups is 1. The van der Waals surface area contributed by atoms with Crippen molar-refractivity contribution in [2.24, 2.45) is 0 Å². The van der Waals surface area contributed by atoms with E-state index in [1.165, 1.54) is 0 Å². The molecule has 2 aromatic carbocycles. The van der Waals surface area contributed by atoms with Crippen LogP contribution in [0.3, 0.4) is 0 Å². The Morgan fingerprint density at radius 3 is 2.67 bits per heavy atom. The van der Waals surface area contributed by atoms with Gasteiger partial charge in [-0.25, -0.2) is 14.2 Å². The molecular weight excluding hydrogens is 654 g/mol. The minimum absolute atomic E-state index is 0.116. The molecule has 48 heavy (non-hydrogen) atoms. The van der Waals surface area contributed by atoms with Gasteiger partial charge >= 0.3 is 6.09 Å². The Balaban J connectivity index is 0.00000255. The maximum Gasteiger partial charge on any atom is 0.410 e. The second kappa shape index (κ2) is 16.5. The van der Waals surface area contributed by atoms with Crippen LogP contribution in [0.5, 0.6) is 0 Å². The lowest BCUT2D eigenvalue weighted by Crippen LogP contribution is -2.36. The van der Waals surface area contributed by atoms with Gasteiger partial charge in [0, 0.05) is 54.4 Å². The summed E-state index contributed by atoms with van der Waals surface area (Å²) in [4.78, 5) is 19.4. The fraction of sp³-hybridized carbons (Fsp3) is 0.541. The van der Waals surface area contributed by atoms with E-state index in [0.717, 1.165) is 24.8 Å². The SMILES string of the molecule is CC.Cc1c(C(C)OC2CCCCO2)nc2c(F)c(-c3cccc(Cl)c3Cl)c(CCC#N)cc2c1NC1CCN(C(=O)OC(C)(C)C)C1. The van der Waals surface area contributed by atoms with Gasteiger partial charge in [-0.1, -0.05) is 49.2 Å². The molecule has 260 valence electrons. The summed E-state index contributed by atoms with van der Waals surface area (Å²) < 4.78 is 34.8. The van der Waals surface area contributed by atoms with Gasteiger partial charge in [0.2, 0.25) is 0 Å². The molecule has 3 unspecified atom stereocenters. The molecule has 1 amide bonds. The minimum Gasteiger partial charge on any atom is -0.444 e. The first kappa shape index (κ1) is 37.7. The number of halogens is 3. The molecule has 2 saturated heterocycles. The number of likely N-dealkylation sites (tertiary alicyclic amines) is 1. The van der Waals surface area contributed by atoms with Crippen LogP contribution in [0.1, 0.15) is 96.6 Å². The quantitative estimate of drug-likeness (QED) is 0.250. The molecule has 1 aromatic heterocycles. The molecule has 3 atom stereocenters. The van der Waals surface area contributed by atoms with Crippen LogP contribution in [-0.4, -0.2) is 53.6 Å². The van der Waals surface area contributed by atoms with Crippen LogP contribution in [-0.2, 0) is 20.6 Å². The van der Waals surface area contributed by atoms with E-state index in [-0.39, 0.29) is 40.9 Å². The number of amides is 1. The summed E-state index contributed by atoms with van der Waals surface area (Å²) in [7, 11) is 0. The van der Waals surface area contributed by atoms with E-state index in [0.29, 0.717) is 65.5 Å². The number of nitrogens with one attached hydrogen (secondary N) is 1. The Bertz CT molecular complexity index is 1650. The maximum atomic E-state index is 17.0. The van der Waals surface area contributed by atoms with Gasteiger partial charge in [0.1, 0.15) is 17.2 Å². The monoisotopic (exact) mass is 700 g/mol. The van der Waals surface area contributed by atoms with E-state index in [1.54, 1.807) is 23.1 Å². The van der Waals surface area contributed by atoms with E-state index in [2.05, 4.69) is 11.4 Å².